The molecule has 0 saturated heterocycles. The Balaban J connectivity index is 1.52. The second-order valence-electron chi connectivity index (χ2n) is 7.47. The standard InChI is InChI=1S/C23H17ClFN3O2/c24-17-8-6-13(25)11-16(17)20-19-18(9-10-26-21(19)23(30)28-20)27-22(29)15-7-5-12-3-1-2-4-14(12)15/h1-4,6,8-11,15,20H,5,7H2,(H,28,30)(H,26,27,29). The number of pyridine rings is 1. The van der Waals surface area contributed by atoms with Gasteiger partial charge in [0.05, 0.1) is 17.6 Å². The fraction of sp³-hybridized carbons (Fsp3) is 0.174. The van der Waals surface area contributed by atoms with Gasteiger partial charge in [-0.2, -0.15) is 0 Å². The second-order valence-corrected chi connectivity index (χ2v) is 7.88. The molecule has 5 nitrogen and oxygen atoms in total. The fourth-order valence-electron chi connectivity index (χ4n) is 4.35. The zero-order valence-corrected chi connectivity index (χ0v) is 16.5. The monoisotopic (exact) mass is 421 g/mol. The molecule has 0 fully saturated rings. The highest BCUT2D eigenvalue weighted by Gasteiger charge is 2.36. The van der Waals surface area contributed by atoms with Crippen LogP contribution in [0.15, 0.2) is 54.7 Å². The Labute approximate surface area is 177 Å². The van der Waals surface area contributed by atoms with Crippen LogP contribution in [0.25, 0.3) is 0 Å². The van der Waals surface area contributed by atoms with Crippen LogP contribution in [-0.4, -0.2) is 16.8 Å². The average molecular weight is 422 g/mol. The quantitative estimate of drug-likeness (QED) is 0.659. The third kappa shape index (κ3) is 3.04. The molecule has 1 aromatic heterocycles. The summed E-state index contributed by atoms with van der Waals surface area (Å²) in [6.07, 6.45) is 3.06. The number of amides is 2. The zero-order chi connectivity index (χ0) is 20.8. The molecule has 3 aromatic rings. The second kappa shape index (κ2) is 7.22. The van der Waals surface area contributed by atoms with E-state index in [1.807, 2.05) is 24.3 Å². The number of hydrogen-bond donors (Lipinski definition) is 2. The summed E-state index contributed by atoms with van der Waals surface area (Å²) in [6.45, 7) is 0. The Bertz CT molecular complexity index is 1200. The minimum Gasteiger partial charge on any atom is -0.340 e. The van der Waals surface area contributed by atoms with Gasteiger partial charge in [-0.3, -0.25) is 14.6 Å². The molecule has 150 valence electrons. The molecule has 2 atom stereocenters. The number of nitrogens with one attached hydrogen (secondary N) is 2. The van der Waals surface area contributed by atoms with E-state index in [2.05, 4.69) is 15.6 Å². The van der Waals surface area contributed by atoms with Crippen LogP contribution in [0.3, 0.4) is 0 Å². The topological polar surface area (TPSA) is 71.1 Å². The first-order valence-corrected chi connectivity index (χ1v) is 10.0. The largest absolute Gasteiger partial charge is 0.340 e. The Morgan fingerprint density at radius 1 is 1.17 bits per heavy atom. The van der Waals surface area contributed by atoms with Crippen molar-refractivity contribution in [2.45, 2.75) is 24.8 Å². The highest BCUT2D eigenvalue weighted by atomic mass is 35.5. The number of hydrogen-bond acceptors (Lipinski definition) is 3. The average Bonchev–Trinajstić information content (AvgIpc) is 3.32. The van der Waals surface area contributed by atoms with E-state index in [-0.39, 0.29) is 17.5 Å². The van der Waals surface area contributed by atoms with Crippen molar-refractivity contribution >= 4 is 29.1 Å². The molecule has 0 spiro atoms. The van der Waals surface area contributed by atoms with Crippen molar-refractivity contribution in [3.05, 3.63) is 93.5 Å². The highest BCUT2D eigenvalue weighted by molar-refractivity contribution is 6.31. The maximum absolute atomic E-state index is 13.9. The Hall–Kier alpha value is -3.25. The maximum atomic E-state index is 13.9. The number of carbonyl (C=O) groups is 2. The van der Waals surface area contributed by atoms with E-state index in [0.717, 1.165) is 18.4 Å². The molecule has 2 N–H and O–H groups in total. The number of carbonyl (C=O) groups excluding carboxylic acids is 2. The van der Waals surface area contributed by atoms with Crippen LogP contribution in [0.5, 0.6) is 0 Å². The minimum absolute atomic E-state index is 0.142. The lowest BCUT2D eigenvalue weighted by Gasteiger charge is -2.19. The summed E-state index contributed by atoms with van der Waals surface area (Å²) in [5.41, 5.74) is 3.79. The van der Waals surface area contributed by atoms with E-state index in [1.54, 1.807) is 6.07 Å². The van der Waals surface area contributed by atoms with Crippen LogP contribution in [0.2, 0.25) is 5.02 Å². The first kappa shape index (κ1) is 18.8. The van der Waals surface area contributed by atoms with E-state index in [0.29, 0.717) is 21.8 Å². The van der Waals surface area contributed by atoms with E-state index in [4.69, 9.17) is 11.6 Å². The predicted molar refractivity (Wildman–Crippen MR) is 111 cm³/mol. The van der Waals surface area contributed by atoms with Gasteiger partial charge in [0.15, 0.2) is 0 Å². The first-order valence-electron chi connectivity index (χ1n) is 9.66. The number of benzene rings is 2. The summed E-state index contributed by atoms with van der Waals surface area (Å²) < 4.78 is 13.9. The molecule has 2 aliphatic rings. The molecule has 2 aromatic carbocycles. The van der Waals surface area contributed by atoms with Gasteiger partial charge in [-0.05, 0) is 48.2 Å². The number of aryl methyl sites for hydroxylation is 1. The molecule has 2 heterocycles. The lowest BCUT2D eigenvalue weighted by Crippen LogP contribution is -2.22. The molecule has 7 heteroatoms. The van der Waals surface area contributed by atoms with Gasteiger partial charge in [-0.25, -0.2) is 4.39 Å². The molecule has 0 saturated carbocycles. The van der Waals surface area contributed by atoms with Gasteiger partial charge in [0.2, 0.25) is 5.91 Å². The van der Waals surface area contributed by atoms with Crippen LogP contribution < -0.4 is 10.6 Å². The van der Waals surface area contributed by atoms with Crippen LogP contribution in [0.4, 0.5) is 10.1 Å². The van der Waals surface area contributed by atoms with Gasteiger partial charge in [0, 0.05) is 22.3 Å². The van der Waals surface area contributed by atoms with Crippen molar-refractivity contribution in [3.63, 3.8) is 0 Å². The maximum Gasteiger partial charge on any atom is 0.271 e. The summed E-state index contributed by atoms with van der Waals surface area (Å²) in [4.78, 5) is 29.7. The number of nitrogens with zero attached hydrogens (tertiary/aromatic N) is 1. The SMILES string of the molecule is O=C1NC(c2cc(F)ccc2Cl)c2c(NC(=O)C3CCc4ccccc43)ccnc21. The molecule has 1 aliphatic heterocycles. The molecule has 2 amide bonds. The van der Waals surface area contributed by atoms with Crippen LogP contribution in [0.1, 0.15) is 51.1 Å². The number of aromatic nitrogens is 1. The summed E-state index contributed by atoms with van der Waals surface area (Å²) in [6, 6.07) is 12.9. The van der Waals surface area contributed by atoms with Crippen molar-refractivity contribution < 1.29 is 14.0 Å². The fourth-order valence-corrected chi connectivity index (χ4v) is 4.57. The summed E-state index contributed by atoms with van der Waals surface area (Å²) >= 11 is 6.28. The molecule has 1 aliphatic carbocycles. The van der Waals surface area contributed by atoms with Crippen molar-refractivity contribution in [3.8, 4) is 0 Å². The number of fused-ring (bicyclic) bond motifs is 2. The predicted octanol–water partition coefficient (Wildman–Crippen LogP) is 4.38. The van der Waals surface area contributed by atoms with Crippen molar-refractivity contribution in [2.75, 3.05) is 5.32 Å². The Kier molecular flexibility index (Phi) is 4.51. The summed E-state index contributed by atoms with van der Waals surface area (Å²) in [5, 5.41) is 6.09. The lowest BCUT2D eigenvalue weighted by atomic mass is 9.97. The van der Waals surface area contributed by atoms with Gasteiger partial charge in [0.1, 0.15) is 11.5 Å². The van der Waals surface area contributed by atoms with Crippen LogP contribution in [-0.2, 0) is 11.2 Å². The van der Waals surface area contributed by atoms with E-state index in [9.17, 15) is 14.0 Å². The summed E-state index contributed by atoms with van der Waals surface area (Å²) in [5.74, 6) is -1.25. The van der Waals surface area contributed by atoms with Crippen molar-refractivity contribution in [1.82, 2.24) is 10.3 Å². The zero-order valence-electron chi connectivity index (χ0n) is 15.8. The highest BCUT2D eigenvalue weighted by Crippen LogP contribution is 2.39. The smallest absolute Gasteiger partial charge is 0.271 e. The third-order valence-corrected chi connectivity index (χ3v) is 6.09. The molecule has 0 bridgehead atoms. The van der Waals surface area contributed by atoms with Gasteiger partial charge >= 0.3 is 0 Å². The number of anilines is 1. The Morgan fingerprint density at radius 3 is 2.87 bits per heavy atom. The van der Waals surface area contributed by atoms with Gasteiger partial charge in [-0.15, -0.1) is 0 Å². The first-order chi connectivity index (χ1) is 14.5. The normalized spacial score (nSPS) is 19.2. The van der Waals surface area contributed by atoms with Gasteiger partial charge in [-0.1, -0.05) is 35.9 Å². The van der Waals surface area contributed by atoms with Crippen molar-refractivity contribution in [2.24, 2.45) is 0 Å². The molecule has 2 unspecified atom stereocenters. The molecule has 0 radical (unpaired) electrons. The lowest BCUT2D eigenvalue weighted by molar-refractivity contribution is -0.117. The van der Waals surface area contributed by atoms with Gasteiger partial charge < -0.3 is 10.6 Å². The molecule has 30 heavy (non-hydrogen) atoms. The number of halogens is 2. The third-order valence-electron chi connectivity index (χ3n) is 5.75. The van der Waals surface area contributed by atoms with Crippen molar-refractivity contribution in [1.29, 1.82) is 0 Å². The molecular formula is C23H17ClFN3O2. The molecular weight excluding hydrogens is 405 g/mol. The number of rotatable bonds is 3. The van der Waals surface area contributed by atoms with Crippen LogP contribution in [0, 0.1) is 5.82 Å². The van der Waals surface area contributed by atoms with E-state index in [1.165, 1.54) is 30.0 Å². The van der Waals surface area contributed by atoms with Gasteiger partial charge in [0.25, 0.3) is 5.91 Å². The van der Waals surface area contributed by atoms with Crippen LogP contribution >= 0.6 is 11.6 Å². The Morgan fingerprint density at radius 2 is 2.00 bits per heavy atom. The van der Waals surface area contributed by atoms with E-state index >= 15 is 0 Å². The van der Waals surface area contributed by atoms with E-state index < -0.39 is 17.8 Å². The minimum atomic E-state index is -0.699. The summed E-state index contributed by atoms with van der Waals surface area (Å²) in [7, 11) is 0. The molecule has 5 rings (SSSR count).